The van der Waals surface area contributed by atoms with E-state index >= 15 is 0 Å². The number of hydrogen-bond donors (Lipinski definition) is 3. The molecule has 0 aromatic heterocycles. The summed E-state index contributed by atoms with van der Waals surface area (Å²) in [7, 11) is 0. The predicted octanol–water partition coefficient (Wildman–Crippen LogP) is 2.72. The third-order valence-corrected chi connectivity index (χ3v) is 6.46. The zero-order valence-electron chi connectivity index (χ0n) is 16.0. The third-order valence-electron chi connectivity index (χ3n) is 6.46. The molecule has 0 bridgehead atoms. The van der Waals surface area contributed by atoms with Gasteiger partial charge in [0.25, 0.3) is 5.91 Å². The topological polar surface area (TPSA) is 53.8 Å². The zero-order valence-corrected chi connectivity index (χ0v) is 16.0. The Morgan fingerprint density at radius 3 is 2.61 bits per heavy atom. The fourth-order valence-electron chi connectivity index (χ4n) is 5.12. The van der Waals surface area contributed by atoms with E-state index in [4.69, 9.17) is 0 Å². The van der Waals surface area contributed by atoms with Crippen LogP contribution in [0.2, 0.25) is 0 Å². The Balaban J connectivity index is 1.57. The Bertz CT molecular complexity index is 811. The molecule has 1 saturated carbocycles. The summed E-state index contributed by atoms with van der Waals surface area (Å²) >= 11 is 0. The lowest BCUT2D eigenvalue weighted by molar-refractivity contribution is -0.937. The van der Waals surface area contributed by atoms with Gasteiger partial charge in [0.2, 0.25) is 0 Å². The Kier molecular flexibility index (Phi) is 5.47. The molecule has 1 amide bonds. The maximum atomic E-state index is 13.5. The minimum Gasteiger partial charge on any atom is -0.389 e. The van der Waals surface area contributed by atoms with Crippen LogP contribution >= 0.6 is 0 Å². The van der Waals surface area contributed by atoms with Crippen LogP contribution < -0.4 is 10.2 Å². The SMILES string of the molecule is O=C(C[NH+]1CC[C@]2(O)CCCC[C@H]2[C@H]1c1ccc(F)cc1)Nc1ccccc1. The molecule has 1 heterocycles. The molecule has 2 fully saturated rings. The van der Waals surface area contributed by atoms with Crippen molar-refractivity contribution in [2.24, 2.45) is 5.92 Å². The van der Waals surface area contributed by atoms with Gasteiger partial charge in [0.1, 0.15) is 11.9 Å². The summed E-state index contributed by atoms with van der Waals surface area (Å²) in [6.07, 6.45) is 4.62. The second-order valence-corrected chi connectivity index (χ2v) is 8.23. The number of fused-ring (bicyclic) bond motifs is 1. The molecule has 2 aromatic carbocycles. The summed E-state index contributed by atoms with van der Waals surface area (Å²) in [6, 6.07) is 16.0. The van der Waals surface area contributed by atoms with Gasteiger partial charge in [-0.05, 0) is 37.1 Å². The fourth-order valence-corrected chi connectivity index (χ4v) is 5.12. The quantitative estimate of drug-likeness (QED) is 0.760. The van der Waals surface area contributed by atoms with Crippen molar-refractivity contribution in [3.8, 4) is 0 Å². The van der Waals surface area contributed by atoms with E-state index in [2.05, 4.69) is 5.32 Å². The van der Waals surface area contributed by atoms with E-state index < -0.39 is 5.60 Å². The highest BCUT2D eigenvalue weighted by Crippen LogP contribution is 2.43. The van der Waals surface area contributed by atoms with Gasteiger partial charge in [0.15, 0.2) is 6.54 Å². The van der Waals surface area contributed by atoms with Crippen LogP contribution in [0.25, 0.3) is 0 Å². The second kappa shape index (κ2) is 8.02. The molecule has 3 N–H and O–H groups in total. The number of anilines is 1. The maximum absolute atomic E-state index is 13.5. The van der Waals surface area contributed by atoms with E-state index in [9.17, 15) is 14.3 Å². The molecule has 1 unspecified atom stereocenters. The van der Waals surface area contributed by atoms with Gasteiger partial charge in [-0.1, -0.05) is 43.2 Å². The molecule has 2 aliphatic rings. The lowest BCUT2D eigenvalue weighted by Crippen LogP contribution is -3.16. The first-order valence-electron chi connectivity index (χ1n) is 10.2. The largest absolute Gasteiger partial charge is 0.389 e. The first kappa shape index (κ1) is 19.1. The number of nitrogens with one attached hydrogen (secondary N) is 2. The van der Waals surface area contributed by atoms with Crippen molar-refractivity contribution in [1.29, 1.82) is 0 Å². The van der Waals surface area contributed by atoms with Gasteiger partial charge < -0.3 is 15.3 Å². The number of halogens is 1. The van der Waals surface area contributed by atoms with Crippen molar-refractivity contribution >= 4 is 11.6 Å². The highest BCUT2D eigenvalue weighted by atomic mass is 19.1. The Hall–Kier alpha value is -2.24. The van der Waals surface area contributed by atoms with Gasteiger partial charge in [-0.3, -0.25) is 4.79 Å². The number of para-hydroxylation sites is 1. The van der Waals surface area contributed by atoms with E-state index in [0.717, 1.165) is 48.4 Å². The average molecular weight is 383 g/mol. The monoisotopic (exact) mass is 383 g/mol. The molecule has 148 valence electrons. The van der Waals surface area contributed by atoms with Gasteiger partial charge >= 0.3 is 0 Å². The van der Waals surface area contributed by atoms with Gasteiger partial charge in [-0.2, -0.15) is 0 Å². The number of likely N-dealkylation sites (tertiary alicyclic amines) is 1. The molecule has 5 heteroatoms. The second-order valence-electron chi connectivity index (χ2n) is 8.23. The van der Waals surface area contributed by atoms with Crippen LogP contribution in [0.15, 0.2) is 54.6 Å². The Morgan fingerprint density at radius 1 is 1.11 bits per heavy atom. The first-order valence-corrected chi connectivity index (χ1v) is 10.2. The molecular weight excluding hydrogens is 355 g/mol. The summed E-state index contributed by atoms with van der Waals surface area (Å²) in [4.78, 5) is 13.8. The minimum atomic E-state index is -0.670. The van der Waals surface area contributed by atoms with Gasteiger partial charge in [-0.15, -0.1) is 0 Å². The van der Waals surface area contributed by atoms with Crippen LogP contribution in [-0.2, 0) is 4.79 Å². The average Bonchev–Trinajstić information content (AvgIpc) is 2.69. The molecule has 4 nitrogen and oxygen atoms in total. The van der Waals surface area contributed by atoms with E-state index in [1.807, 2.05) is 42.5 Å². The van der Waals surface area contributed by atoms with Crippen molar-refractivity contribution in [3.05, 3.63) is 66.0 Å². The van der Waals surface area contributed by atoms with Gasteiger partial charge in [0.05, 0.1) is 12.1 Å². The molecule has 0 spiro atoms. The summed E-state index contributed by atoms with van der Waals surface area (Å²) in [5.41, 5.74) is 1.13. The summed E-state index contributed by atoms with van der Waals surface area (Å²) in [6.45, 7) is 1.07. The van der Waals surface area contributed by atoms with Crippen molar-refractivity contribution < 1.29 is 19.2 Å². The predicted molar refractivity (Wildman–Crippen MR) is 106 cm³/mol. The summed E-state index contributed by atoms with van der Waals surface area (Å²) in [5.74, 6) is -0.198. The zero-order chi connectivity index (χ0) is 19.6. The van der Waals surface area contributed by atoms with E-state index in [-0.39, 0.29) is 23.7 Å². The third kappa shape index (κ3) is 3.96. The number of quaternary nitrogens is 1. The van der Waals surface area contributed by atoms with Crippen LogP contribution in [0.4, 0.5) is 10.1 Å². The molecule has 28 heavy (non-hydrogen) atoms. The van der Waals surface area contributed by atoms with Crippen LogP contribution in [0.5, 0.6) is 0 Å². The van der Waals surface area contributed by atoms with E-state index in [1.165, 1.54) is 12.1 Å². The fraction of sp³-hybridized carbons (Fsp3) is 0.435. The molecule has 1 aliphatic carbocycles. The molecule has 2 aromatic rings. The number of aliphatic hydroxyl groups is 1. The van der Waals surface area contributed by atoms with Gasteiger partial charge in [0, 0.05) is 23.6 Å². The smallest absolute Gasteiger partial charge is 0.279 e. The normalized spacial score (nSPS) is 29.7. The number of hydrogen-bond acceptors (Lipinski definition) is 2. The minimum absolute atomic E-state index is 0.00109. The maximum Gasteiger partial charge on any atom is 0.279 e. The molecule has 1 aliphatic heterocycles. The summed E-state index contributed by atoms with van der Waals surface area (Å²) < 4.78 is 13.5. The first-order chi connectivity index (χ1) is 13.5. The molecule has 1 saturated heterocycles. The number of carbonyl (C=O) groups is 1. The van der Waals surface area contributed by atoms with Crippen molar-refractivity contribution in [2.75, 3.05) is 18.4 Å². The molecule has 0 radical (unpaired) electrons. The van der Waals surface area contributed by atoms with Crippen LogP contribution in [0.3, 0.4) is 0 Å². The highest BCUT2D eigenvalue weighted by molar-refractivity contribution is 5.91. The van der Waals surface area contributed by atoms with Crippen molar-refractivity contribution in [1.82, 2.24) is 0 Å². The Morgan fingerprint density at radius 2 is 1.86 bits per heavy atom. The molecule has 4 rings (SSSR count). The lowest BCUT2D eigenvalue weighted by Gasteiger charge is -2.50. The Labute approximate surface area is 165 Å². The van der Waals surface area contributed by atoms with Crippen LogP contribution in [0.1, 0.15) is 43.7 Å². The van der Waals surface area contributed by atoms with Crippen LogP contribution in [0, 0.1) is 11.7 Å². The molecule has 4 atom stereocenters. The molecular formula is C23H28FN2O2+. The standard InChI is InChI=1S/C23H27FN2O2/c24-18-11-9-17(10-12-18)22-20-8-4-5-13-23(20,28)14-15-26(22)16-21(27)25-19-6-2-1-3-7-19/h1-3,6-7,9-12,20,22,28H,4-5,8,13-16H2,(H,25,27)/p+1/t20-,22+,23+/m0/s1. The van der Waals surface area contributed by atoms with Crippen molar-refractivity contribution in [3.63, 3.8) is 0 Å². The lowest BCUT2D eigenvalue weighted by atomic mass is 9.66. The van der Waals surface area contributed by atoms with E-state index in [0.29, 0.717) is 13.0 Å². The van der Waals surface area contributed by atoms with Crippen molar-refractivity contribution in [2.45, 2.75) is 43.7 Å². The number of piperidine rings is 1. The van der Waals surface area contributed by atoms with E-state index in [1.54, 1.807) is 0 Å². The highest BCUT2D eigenvalue weighted by Gasteiger charge is 2.51. The number of benzene rings is 2. The van der Waals surface area contributed by atoms with Crippen LogP contribution in [-0.4, -0.2) is 29.7 Å². The number of rotatable bonds is 4. The van der Waals surface area contributed by atoms with Gasteiger partial charge in [-0.25, -0.2) is 4.39 Å². The number of carbonyl (C=O) groups excluding carboxylic acids is 1. The number of amides is 1. The summed E-state index contributed by atoms with van der Waals surface area (Å²) in [5, 5.41) is 14.2.